The fourth-order valence-corrected chi connectivity index (χ4v) is 4.95. The zero-order chi connectivity index (χ0) is 24.1. The summed E-state index contributed by atoms with van der Waals surface area (Å²) in [6, 6.07) is 12.2. The third kappa shape index (κ3) is 3.76. The molecule has 0 amide bonds. The number of tetrazole rings is 1. The smallest absolute Gasteiger partial charge is 0.252 e. The summed E-state index contributed by atoms with van der Waals surface area (Å²) in [5.74, 6) is 1.02. The van der Waals surface area contributed by atoms with E-state index in [4.69, 9.17) is 28.9 Å². The van der Waals surface area contributed by atoms with Crippen LogP contribution < -0.4 is 11.3 Å². The van der Waals surface area contributed by atoms with Crippen LogP contribution in [0, 0.1) is 0 Å². The molecule has 4 aromatic heterocycles. The van der Waals surface area contributed by atoms with E-state index in [1.54, 1.807) is 45.8 Å². The molecule has 35 heavy (non-hydrogen) atoms. The zero-order valence-corrected chi connectivity index (χ0v) is 19.6. The molecule has 6 rings (SSSR count). The second kappa shape index (κ2) is 8.33. The maximum atomic E-state index is 13.3. The van der Waals surface area contributed by atoms with Gasteiger partial charge < -0.3 is 15.3 Å². The predicted octanol–water partition coefficient (Wildman–Crippen LogP) is 3.70. The maximum absolute atomic E-state index is 13.3. The largest absolute Gasteiger partial charge is 0.384 e. The van der Waals surface area contributed by atoms with E-state index >= 15 is 0 Å². The van der Waals surface area contributed by atoms with Crippen LogP contribution in [0.5, 0.6) is 0 Å². The van der Waals surface area contributed by atoms with Crippen LogP contribution in [0.25, 0.3) is 28.1 Å². The molecule has 1 atom stereocenters. The first-order valence-corrected chi connectivity index (χ1v) is 11.5. The Morgan fingerprint density at radius 2 is 1.97 bits per heavy atom. The lowest BCUT2D eigenvalue weighted by atomic mass is 10.0. The Bertz CT molecular complexity index is 1620. The Labute approximate surface area is 208 Å². The quantitative estimate of drug-likeness (QED) is 0.355. The van der Waals surface area contributed by atoms with Crippen molar-refractivity contribution in [3.63, 3.8) is 0 Å². The molecule has 3 N–H and O–H groups in total. The number of halogens is 2. The first kappa shape index (κ1) is 21.5. The molecule has 0 aliphatic carbocycles. The summed E-state index contributed by atoms with van der Waals surface area (Å²) < 4.78 is 3.32. The third-order valence-corrected chi connectivity index (χ3v) is 6.59. The minimum Gasteiger partial charge on any atom is -0.384 e. The minimum atomic E-state index is -0.223. The molecule has 174 valence electrons. The van der Waals surface area contributed by atoms with Gasteiger partial charge in [0.05, 0.1) is 23.6 Å². The van der Waals surface area contributed by atoms with E-state index in [0.29, 0.717) is 27.9 Å². The van der Waals surface area contributed by atoms with Crippen LogP contribution in [0.4, 0.5) is 5.82 Å². The number of pyridine rings is 2. The normalized spacial score (nSPS) is 14.9. The van der Waals surface area contributed by atoms with E-state index in [0.717, 1.165) is 35.3 Å². The molecule has 0 radical (unpaired) electrons. The van der Waals surface area contributed by atoms with Crippen molar-refractivity contribution in [2.24, 2.45) is 0 Å². The fraction of sp³-hybridized carbons (Fsp3) is 0.130. The van der Waals surface area contributed by atoms with Crippen LogP contribution >= 0.6 is 23.2 Å². The summed E-state index contributed by atoms with van der Waals surface area (Å²) >= 11 is 12.5. The number of aromatic nitrogens is 8. The topological polar surface area (TPSA) is 133 Å². The van der Waals surface area contributed by atoms with Crippen molar-refractivity contribution in [1.29, 1.82) is 0 Å². The van der Waals surface area contributed by atoms with Crippen LogP contribution in [0.3, 0.4) is 0 Å². The summed E-state index contributed by atoms with van der Waals surface area (Å²) in [5.41, 5.74) is 10.1. The molecule has 0 saturated heterocycles. The van der Waals surface area contributed by atoms with Crippen molar-refractivity contribution < 1.29 is 0 Å². The third-order valence-electron chi connectivity index (χ3n) is 6.07. The second-order valence-corrected chi connectivity index (χ2v) is 8.96. The molecule has 5 aromatic rings. The Kier molecular flexibility index (Phi) is 5.12. The molecule has 0 saturated carbocycles. The highest BCUT2D eigenvalue weighted by Gasteiger charge is 2.28. The van der Waals surface area contributed by atoms with Crippen LogP contribution in [-0.4, -0.2) is 39.7 Å². The molecule has 0 unspecified atom stereocenters. The lowest BCUT2D eigenvalue weighted by Gasteiger charge is -2.15. The van der Waals surface area contributed by atoms with Crippen LogP contribution in [0.1, 0.15) is 24.0 Å². The van der Waals surface area contributed by atoms with Crippen molar-refractivity contribution in [3.8, 4) is 28.1 Å². The number of nitrogens with one attached hydrogen (secondary N) is 1. The number of anilines is 1. The van der Waals surface area contributed by atoms with Gasteiger partial charge in [0.25, 0.3) is 5.56 Å². The van der Waals surface area contributed by atoms with Crippen molar-refractivity contribution in [3.05, 3.63) is 87.0 Å². The predicted molar refractivity (Wildman–Crippen MR) is 132 cm³/mol. The highest BCUT2D eigenvalue weighted by molar-refractivity contribution is 6.32. The molecule has 10 nitrogen and oxygen atoms in total. The van der Waals surface area contributed by atoms with Crippen LogP contribution in [-0.2, 0) is 6.42 Å². The minimum absolute atomic E-state index is 0.132. The summed E-state index contributed by atoms with van der Waals surface area (Å²) in [7, 11) is 0. The molecular weight excluding hydrogens is 489 g/mol. The van der Waals surface area contributed by atoms with Crippen molar-refractivity contribution >= 4 is 29.0 Å². The lowest BCUT2D eigenvalue weighted by molar-refractivity contribution is 0.572. The van der Waals surface area contributed by atoms with E-state index in [1.165, 1.54) is 6.33 Å². The van der Waals surface area contributed by atoms with Gasteiger partial charge in [-0.2, -0.15) is 4.68 Å². The summed E-state index contributed by atoms with van der Waals surface area (Å²) in [6.45, 7) is 0. The molecule has 1 aliphatic rings. The number of aromatic amines is 1. The number of nitrogen functional groups attached to an aromatic ring is 1. The molecule has 1 aliphatic heterocycles. The van der Waals surface area contributed by atoms with Crippen molar-refractivity contribution in [1.82, 2.24) is 39.7 Å². The lowest BCUT2D eigenvalue weighted by Crippen LogP contribution is -2.23. The number of aryl methyl sites for hydroxylation is 1. The number of rotatable bonds is 4. The molecule has 12 heteroatoms. The number of H-pyrrole nitrogens is 1. The Balaban J connectivity index is 1.39. The van der Waals surface area contributed by atoms with Crippen molar-refractivity contribution in [2.75, 3.05) is 5.73 Å². The van der Waals surface area contributed by atoms with E-state index < -0.39 is 0 Å². The van der Waals surface area contributed by atoms with E-state index in [9.17, 15) is 4.79 Å². The molecular formula is C23H17Cl2N9O. The number of benzene rings is 1. The van der Waals surface area contributed by atoms with Gasteiger partial charge in [-0.25, -0.2) is 9.97 Å². The van der Waals surface area contributed by atoms with Gasteiger partial charge >= 0.3 is 0 Å². The molecule has 0 fully saturated rings. The number of fused-ring (bicyclic) bond motifs is 1. The number of nitrogens with two attached hydrogens (primary N) is 1. The first-order chi connectivity index (χ1) is 17.0. The number of imidazole rings is 1. The molecule has 0 spiro atoms. The van der Waals surface area contributed by atoms with Gasteiger partial charge in [-0.05, 0) is 65.2 Å². The highest BCUT2D eigenvalue weighted by Crippen LogP contribution is 2.35. The second-order valence-electron chi connectivity index (χ2n) is 8.17. The monoisotopic (exact) mass is 505 g/mol. The summed E-state index contributed by atoms with van der Waals surface area (Å²) in [4.78, 5) is 25.3. The zero-order valence-electron chi connectivity index (χ0n) is 18.1. The molecule has 5 heterocycles. The van der Waals surface area contributed by atoms with E-state index in [1.807, 2.05) is 12.1 Å². The van der Waals surface area contributed by atoms with Gasteiger partial charge in [-0.15, -0.1) is 5.10 Å². The number of nitrogens with zero attached hydrogens (tertiary/aromatic N) is 7. The maximum Gasteiger partial charge on any atom is 0.252 e. The molecule has 1 aromatic carbocycles. The Hall–Kier alpha value is -4.02. The average molecular weight is 506 g/mol. The van der Waals surface area contributed by atoms with E-state index in [-0.39, 0.29) is 16.8 Å². The Morgan fingerprint density at radius 3 is 2.77 bits per heavy atom. The summed E-state index contributed by atoms with van der Waals surface area (Å²) in [5, 5.41) is 12.2. The van der Waals surface area contributed by atoms with Gasteiger partial charge in [0.1, 0.15) is 23.1 Å². The van der Waals surface area contributed by atoms with Gasteiger partial charge in [0.15, 0.2) is 0 Å². The Morgan fingerprint density at radius 1 is 1.09 bits per heavy atom. The van der Waals surface area contributed by atoms with Gasteiger partial charge in [0.2, 0.25) is 0 Å². The fourth-order valence-electron chi connectivity index (χ4n) is 4.51. The number of hydrogen-bond donors (Lipinski definition) is 2. The molecule has 0 bridgehead atoms. The van der Waals surface area contributed by atoms with Crippen molar-refractivity contribution in [2.45, 2.75) is 18.9 Å². The van der Waals surface area contributed by atoms with E-state index in [2.05, 4.69) is 30.5 Å². The number of hydrogen-bond acceptors (Lipinski definition) is 7. The summed E-state index contributed by atoms with van der Waals surface area (Å²) in [6.07, 6.45) is 4.64. The standard InChI is InChI=1S/C23H17Cl2N9O/c24-13-1-4-18(33-11-28-31-32-33)16(9-13)12-7-14-2-5-19(34(14)21(35)8-12)23-27-10-17(29-23)15-3-6-20(26)30-22(15)25/h1,3-4,6-11,19H,2,5H2,(H2,26,30)(H,27,29)/t19-/m0/s1. The average Bonchev–Trinajstić information content (AvgIpc) is 3.59. The van der Waals surface area contributed by atoms with Gasteiger partial charge in [-0.3, -0.25) is 4.79 Å². The van der Waals surface area contributed by atoms with Crippen LogP contribution in [0.15, 0.2) is 59.8 Å². The van der Waals surface area contributed by atoms with Gasteiger partial charge in [0, 0.05) is 27.9 Å². The van der Waals surface area contributed by atoms with Gasteiger partial charge in [-0.1, -0.05) is 23.2 Å². The van der Waals surface area contributed by atoms with Crippen LogP contribution in [0.2, 0.25) is 10.2 Å². The SMILES string of the molecule is Nc1ccc(-c2cnc([C@@H]3CCc4cc(-c5cc(Cl)ccc5-n5cnnn5)cc(=O)n43)[nH]2)c(Cl)n1. The highest BCUT2D eigenvalue weighted by atomic mass is 35.5. The first-order valence-electron chi connectivity index (χ1n) is 10.7.